The van der Waals surface area contributed by atoms with Crippen LogP contribution in [0.15, 0.2) is 11.0 Å². The van der Waals surface area contributed by atoms with Crippen LogP contribution in [0.4, 0.5) is 5.69 Å². The van der Waals surface area contributed by atoms with Crippen molar-refractivity contribution in [3.8, 4) is 0 Å². The van der Waals surface area contributed by atoms with Gasteiger partial charge in [0.2, 0.25) is 0 Å². The lowest BCUT2D eigenvalue weighted by Crippen LogP contribution is -2.49. The van der Waals surface area contributed by atoms with E-state index in [0.29, 0.717) is 12.6 Å². The molecule has 1 aromatic rings. The van der Waals surface area contributed by atoms with Crippen LogP contribution in [-0.4, -0.2) is 35.5 Å². The van der Waals surface area contributed by atoms with Gasteiger partial charge in [0.15, 0.2) is 0 Å². The molecule has 6 heteroatoms. The molecule has 5 nitrogen and oxygen atoms in total. The maximum atomic E-state index is 12.0. The van der Waals surface area contributed by atoms with E-state index in [1.165, 1.54) is 4.68 Å². The van der Waals surface area contributed by atoms with Crippen LogP contribution in [0.2, 0.25) is 5.02 Å². The number of aryl methyl sites for hydroxylation is 1. The summed E-state index contributed by atoms with van der Waals surface area (Å²) in [6, 6.07) is 0.396. The minimum atomic E-state index is -0.192. The number of piperazine rings is 1. The van der Waals surface area contributed by atoms with Crippen LogP contribution in [-0.2, 0) is 6.54 Å². The molecule has 100 valence electrons. The molecule has 1 fully saturated rings. The largest absolute Gasteiger partial charge is 0.366 e. The van der Waals surface area contributed by atoms with E-state index < -0.39 is 0 Å². The Morgan fingerprint density at radius 3 is 3.06 bits per heavy atom. The number of hydrogen-bond donors (Lipinski definition) is 1. The molecule has 1 aliphatic heterocycles. The summed E-state index contributed by atoms with van der Waals surface area (Å²) in [7, 11) is 0. The van der Waals surface area contributed by atoms with Crippen LogP contribution in [0, 0.1) is 0 Å². The predicted molar refractivity (Wildman–Crippen MR) is 73.5 cm³/mol. The molecule has 1 aromatic heterocycles. The van der Waals surface area contributed by atoms with Gasteiger partial charge in [0, 0.05) is 32.2 Å². The van der Waals surface area contributed by atoms with Crippen molar-refractivity contribution in [1.29, 1.82) is 0 Å². The van der Waals surface area contributed by atoms with E-state index in [9.17, 15) is 4.79 Å². The molecule has 2 rings (SSSR count). The van der Waals surface area contributed by atoms with Gasteiger partial charge in [0.25, 0.3) is 5.56 Å². The normalized spacial score (nSPS) is 20.2. The van der Waals surface area contributed by atoms with Gasteiger partial charge in [-0.2, -0.15) is 5.10 Å². The first-order valence-corrected chi connectivity index (χ1v) is 6.75. The molecule has 1 N–H and O–H groups in total. The predicted octanol–water partition coefficient (Wildman–Crippen LogP) is 1.10. The fourth-order valence-corrected chi connectivity index (χ4v) is 2.46. The molecule has 0 bridgehead atoms. The third-order valence-electron chi connectivity index (χ3n) is 3.11. The molecule has 0 aliphatic carbocycles. The summed E-state index contributed by atoms with van der Waals surface area (Å²) in [5.41, 5.74) is 0.560. The van der Waals surface area contributed by atoms with Crippen LogP contribution in [0.1, 0.15) is 20.3 Å². The second kappa shape index (κ2) is 5.71. The Hall–Kier alpha value is -1.07. The summed E-state index contributed by atoms with van der Waals surface area (Å²) in [5.74, 6) is 0. The fourth-order valence-electron chi connectivity index (χ4n) is 2.20. The van der Waals surface area contributed by atoms with E-state index in [0.717, 1.165) is 31.7 Å². The molecule has 1 saturated heterocycles. The Kier molecular flexibility index (Phi) is 4.24. The number of nitrogens with zero attached hydrogens (tertiary/aromatic N) is 3. The Morgan fingerprint density at radius 1 is 1.61 bits per heavy atom. The molecule has 0 spiro atoms. The van der Waals surface area contributed by atoms with E-state index in [1.807, 2.05) is 6.92 Å². The van der Waals surface area contributed by atoms with Crippen molar-refractivity contribution >= 4 is 17.3 Å². The molecular formula is C12H19ClN4O. The average Bonchev–Trinajstić information content (AvgIpc) is 2.35. The van der Waals surface area contributed by atoms with E-state index in [-0.39, 0.29) is 10.6 Å². The number of nitrogens with one attached hydrogen (secondary N) is 1. The van der Waals surface area contributed by atoms with Gasteiger partial charge in [-0.15, -0.1) is 0 Å². The third-order valence-corrected chi connectivity index (χ3v) is 3.47. The van der Waals surface area contributed by atoms with E-state index >= 15 is 0 Å². The second-order valence-electron chi connectivity index (χ2n) is 4.67. The summed E-state index contributed by atoms with van der Waals surface area (Å²) in [4.78, 5) is 14.1. The molecule has 18 heavy (non-hydrogen) atoms. The van der Waals surface area contributed by atoms with Gasteiger partial charge < -0.3 is 10.2 Å². The van der Waals surface area contributed by atoms with Crippen molar-refractivity contribution in [2.45, 2.75) is 32.9 Å². The minimum Gasteiger partial charge on any atom is -0.366 e. The topological polar surface area (TPSA) is 50.2 Å². The molecule has 0 aromatic carbocycles. The van der Waals surface area contributed by atoms with Crippen molar-refractivity contribution < 1.29 is 0 Å². The Morgan fingerprint density at radius 2 is 2.39 bits per heavy atom. The van der Waals surface area contributed by atoms with Crippen LogP contribution in [0.25, 0.3) is 0 Å². The summed E-state index contributed by atoms with van der Waals surface area (Å²) >= 11 is 6.18. The van der Waals surface area contributed by atoms with Gasteiger partial charge in [-0.05, 0) is 13.3 Å². The van der Waals surface area contributed by atoms with Gasteiger partial charge in [0.05, 0.1) is 11.9 Å². The standard InChI is InChI=1S/C12H19ClN4O/c1-3-5-17-12(18)11(13)10(7-15-17)16-6-4-14-9(2)8-16/h7,9,14H,3-6,8H2,1-2H3/t9-/m0/s1. The molecule has 1 aliphatic rings. The zero-order valence-electron chi connectivity index (χ0n) is 10.8. The highest BCUT2D eigenvalue weighted by atomic mass is 35.5. The zero-order chi connectivity index (χ0) is 13.1. The van der Waals surface area contributed by atoms with Crippen LogP contribution >= 0.6 is 11.6 Å². The Balaban J connectivity index is 2.29. The molecule has 0 radical (unpaired) electrons. The quantitative estimate of drug-likeness (QED) is 0.894. The molecule has 0 unspecified atom stereocenters. The monoisotopic (exact) mass is 270 g/mol. The number of aromatic nitrogens is 2. The lowest BCUT2D eigenvalue weighted by molar-refractivity contribution is 0.482. The van der Waals surface area contributed by atoms with Crippen LogP contribution in [0.5, 0.6) is 0 Å². The first-order chi connectivity index (χ1) is 8.63. The average molecular weight is 271 g/mol. The molecule has 1 atom stereocenters. The number of rotatable bonds is 3. The van der Waals surface area contributed by atoms with Crippen LogP contribution in [0.3, 0.4) is 0 Å². The fraction of sp³-hybridized carbons (Fsp3) is 0.667. The third kappa shape index (κ3) is 2.67. The highest BCUT2D eigenvalue weighted by Gasteiger charge is 2.20. The van der Waals surface area contributed by atoms with E-state index in [2.05, 4.69) is 22.2 Å². The lowest BCUT2D eigenvalue weighted by atomic mass is 10.2. The van der Waals surface area contributed by atoms with Gasteiger partial charge in [0.1, 0.15) is 5.02 Å². The number of hydrogen-bond acceptors (Lipinski definition) is 4. The van der Waals surface area contributed by atoms with E-state index in [4.69, 9.17) is 11.6 Å². The highest BCUT2D eigenvalue weighted by Crippen LogP contribution is 2.21. The minimum absolute atomic E-state index is 0.192. The maximum Gasteiger partial charge on any atom is 0.287 e. The smallest absolute Gasteiger partial charge is 0.287 e. The van der Waals surface area contributed by atoms with Crippen LogP contribution < -0.4 is 15.8 Å². The second-order valence-corrected chi connectivity index (χ2v) is 5.05. The van der Waals surface area contributed by atoms with Gasteiger partial charge >= 0.3 is 0 Å². The summed E-state index contributed by atoms with van der Waals surface area (Å²) in [6.45, 7) is 7.33. The van der Waals surface area contributed by atoms with Gasteiger partial charge in [-0.1, -0.05) is 18.5 Å². The van der Waals surface area contributed by atoms with Crippen molar-refractivity contribution in [1.82, 2.24) is 15.1 Å². The van der Waals surface area contributed by atoms with Gasteiger partial charge in [-0.3, -0.25) is 4.79 Å². The first kappa shape index (κ1) is 13.4. The Bertz CT molecular complexity index is 474. The highest BCUT2D eigenvalue weighted by molar-refractivity contribution is 6.33. The number of anilines is 1. The van der Waals surface area contributed by atoms with Crippen molar-refractivity contribution in [3.63, 3.8) is 0 Å². The first-order valence-electron chi connectivity index (χ1n) is 6.37. The molecular weight excluding hydrogens is 252 g/mol. The maximum absolute atomic E-state index is 12.0. The zero-order valence-corrected chi connectivity index (χ0v) is 11.6. The SMILES string of the molecule is CCCn1ncc(N2CCN[C@@H](C)C2)c(Cl)c1=O. The molecule has 0 amide bonds. The molecule has 2 heterocycles. The summed E-state index contributed by atoms with van der Waals surface area (Å²) < 4.78 is 1.43. The van der Waals surface area contributed by atoms with Crippen molar-refractivity contribution in [2.24, 2.45) is 0 Å². The molecule has 0 saturated carbocycles. The number of halogens is 1. The Labute approximate surface area is 112 Å². The lowest BCUT2D eigenvalue weighted by Gasteiger charge is -2.33. The van der Waals surface area contributed by atoms with E-state index in [1.54, 1.807) is 6.20 Å². The summed E-state index contributed by atoms with van der Waals surface area (Å²) in [6.07, 6.45) is 2.57. The van der Waals surface area contributed by atoms with Gasteiger partial charge in [-0.25, -0.2) is 4.68 Å². The summed E-state index contributed by atoms with van der Waals surface area (Å²) in [5, 5.41) is 7.83. The van der Waals surface area contributed by atoms with Crippen molar-refractivity contribution in [3.05, 3.63) is 21.6 Å². The van der Waals surface area contributed by atoms with Crippen molar-refractivity contribution in [2.75, 3.05) is 24.5 Å².